The number of esters is 1. The van der Waals surface area contributed by atoms with Crippen LogP contribution in [0.2, 0.25) is 0 Å². The maximum atomic E-state index is 15.1. The summed E-state index contributed by atoms with van der Waals surface area (Å²) in [6.45, 7) is 19.5. The number of aromatic nitrogens is 2. The number of ketones is 1. The van der Waals surface area contributed by atoms with Crippen LogP contribution in [0.3, 0.4) is 0 Å². The van der Waals surface area contributed by atoms with E-state index in [1.54, 1.807) is 0 Å². The van der Waals surface area contributed by atoms with Crippen LogP contribution in [0.5, 0.6) is 0 Å². The SMILES string of the molecule is COC(=O)C(C(=O)[C@]12CCC(C)(C)C[C@H]1C1=CCC3[C@@]4(C)Cc5c(N)n[nH]c5C(C)(C)[C@@H]4CC[C@@]3(C)[C@]1(C)CC2)N1CCOCC1. The lowest BCUT2D eigenvalue weighted by molar-refractivity contribution is -0.173. The molecule has 8 atom stereocenters. The number of methoxy groups -OCH3 is 1. The van der Waals surface area contributed by atoms with E-state index in [9.17, 15) is 4.79 Å². The molecule has 1 aromatic heterocycles. The zero-order valence-corrected chi connectivity index (χ0v) is 29.7. The van der Waals surface area contributed by atoms with Gasteiger partial charge in [-0.1, -0.05) is 60.1 Å². The Morgan fingerprint density at radius 3 is 2.41 bits per heavy atom. The van der Waals surface area contributed by atoms with Crippen LogP contribution in [0.15, 0.2) is 11.6 Å². The Balaban J connectivity index is 1.31. The number of aromatic amines is 1. The number of ether oxygens (including phenoxy) is 2. The van der Waals surface area contributed by atoms with E-state index in [1.807, 2.05) is 4.90 Å². The number of nitrogen functional groups attached to an aromatic ring is 1. The lowest BCUT2D eigenvalue weighted by Crippen LogP contribution is -2.66. The summed E-state index contributed by atoms with van der Waals surface area (Å²) in [5, 5.41) is 7.84. The molecule has 2 unspecified atom stereocenters. The number of fused-ring (bicyclic) bond motifs is 8. The quantitative estimate of drug-likeness (QED) is 0.229. The largest absolute Gasteiger partial charge is 0.468 e. The number of nitrogens with one attached hydrogen (secondary N) is 1. The highest BCUT2D eigenvalue weighted by Gasteiger charge is 2.69. The zero-order chi connectivity index (χ0) is 33.1. The molecular formula is C38H58N4O4. The molecule has 1 aliphatic heterocycles. The van der Waals surface area contributed by atoms with Crippen molar-refractivity contribution in [2.45, 2.75) is 118 Å². The number of Topliss-reactive ketones (excluding diaryl/α,β-unsaturated/α-hetero) is 1. The summed E-state index contributed by atoms with van der Waals surface area (Å²) in [4.78, 5) is 30.6. The van der Waals surface area contributed by atoms with Crippen molar-refractivity contribution < 1.29 is 19.1 Å². The number of hydrogen-bond donors (Lipinski definition) is 2. The summed E-state index contributed by atoms with van der Waals surface area (Å²) in [7, 11) is 1.42. The zero-order valence-electron chi connectivity index (χ0n) is 29.7. The van der Waals surface area contributed by atoms with E-state index in [-0.39, 0.29) is 38.8 Å². The minimum absolute atomic E-state index is 0.0160. The van der Waals surface area contributed by atoms with Crippen molar-refractivity contribution in [1.82, 2.24) is 15.1 Å². The number of rotatable bonds is 4. The molecule has 3 saturated carbocycles. The van der Waals surface area contributed by atoms with E-state index < -0.39 is 17.4 Å². The predicted octanol–water partition coefficient (Wildman–Crippen LogP) is 6.25. The summed E-state index contributed by atoms with van der Waals surface area (Å²) in [6, 6.07) is -0.858. The first-order valence-corrected chi connectivity index (χ1v) is 18.0. The molecule has 4 fully saturated rings. The van der Waals surface area contributed by atoms with Crippen molar-refractivity contribution in [3.63, 3.8) is 0 Å². The summed E-state index contributed by atoms with van der Waals surface area (Å²) >= 11 is 0. The third kappa shape index (κ3) is 4.20. The van der Waals surface area contributed by atoms with Gasteiger partial charge in [-0.05, 0) is 97.2 Å². The second-order valence-electron chi connectivity index (χ2n) is 18.2. The fourth-order valence-electron chi connectivity index (χ4n) is 12.8. The Morgan fingerprint density at radius 2 is 1.72 bits per heavy atom. The van der Waals surface area contributed by atoms with Crippen LogP contribution in [0, 0.1) is 44.8 Å². The van der Waals surface area contributed by atoms with Gasteiger partial charge in [-0.25, -0.2) is 4.79 Å². The summed E-state index contributed by atoms with van der Waals surface area (Å²) in [5.74, 6) is 1.54. The van der Waals surface area contributed by atoms with E-state index in [0.717, 1.165) is 44.9 Å². The minimum Gasteiger partial charge on any atom is -0.468 e. The van der Waals surface area contributed by atoms with Crippen molar-refractivity contribution in [3.05, 3.63) is 22.9 Å². The van der Waals surface area contributed by atoms with Gasteiger partial charge in [0, 0.05) is 35.2 Å². The van der Waals surface area contributed by atoms with E-state index in [2.05, 4.69) is 64.7 Å². The predicted molar refractivity (Wildman–Crippen MR) is 179 cm³/mol. The highest BCUT2D eigenvalue weighted by atomic mass is 16.5. The third-order valence-electron chi connectivity index (χ3n) is 15.4. The van der Waals surface area contributed by atoms with Gasteiger partial charge in [0.2, 0.25) is 0 Å². The average Bonchev–Trinajstić information content (AvgIpc) is 3.38. The van der Waals surface area contributed by atoms with Gasteiger partial charge >= 0.3 is 5.97 Å². The van der Waals surface area contributed by atoms with Crippen molar-refractivity contribution in [2.24, 2.45) is 44.8 Å². The number of hydrogen-bond acceptors (Lipinski definition) is 7. The number of nitrogens with zero attached hydrogens (tertiary/aromatic N) is 2. The molecule has 8 nitrogen and oxygen atoms in total. The van der Waals surface area contributed by atoms with Crippen LogP contribution in [0.25, 0.3) is 0 Å². The molecule has 0 amide bonds. The highest BCUT2D eigenvalue weighted by Crippen LogP contribution is 2.75. The van der Waals surface area contributed by atoms with E-state index in [4.69, 9.17) is 15.2 Å². The van der Waals surface area contributed by atoms with Crippen molar-refractivity contribution >= 4 is 17.6 Å². The van der Waals surface area contributed by atoms with E-state index >= 15 is 4.79 Å². The molecule has 2 heterocycles. The van der Waals surface area contributed by atoms with Crippen LogP contribution in [-0.4, -0.2) is 66.3 Å². The lowest BCUT2D eigenvalue weighted by atomic mass is 9.33. The molecule has 7 rings (SSSR count). The monoisotopic (exact) mass is 634 g/mol. The molecule has 0 aromatic carbocycles. The van der Waals surface area contributed by atoms with Gasteiger partial charge in [0.1, 0.15) is 5.82 Å². The minimum atomic E-state index is -0.858. The molecule has 46 heavy (non-hydrogen) atoms. The standard InChI is InChI=1S/C38H58N4O4/c1-33(2)13-15-38(30(43)28(32(44)45-8)42-17-19-46-20-18-42)16-14-36(6)24(25(38)22-33)9-10-27-35(5)21-23-29(40-41-31(23)39)34(3,4)26(35)11-12-37(27,36)7/h9,25-28H,10-22H2,1-8H3,(H3,39,40,41)/t25-,26-,27?,28?,35-,36+,37+,38-/m0/s1. The fraction of sp³-hybridized carbons (Fsp3) is 0.816. The van der Waals surface area contributed by atoms with Crippen LogP contribution in [0.1, 0.15) is 111 Å². The number of nitrogens with two attached hydrogens (primary N) is 1. The maximum absolute atomic E-state index is 15.1. The Morgan fingerprint density at radius 1 is 1.02 bits per heavy atom. The van der Waals surface area contributed by atoms with E-state index in [1.165, 1.54) is 36.8 Å². The van der Waals surface area contributed by atoms with Gasteiger partial charge < -0.3 is 15.2 Å². The number of morpholine rings is 1. The topological polar surface area (TPSA) is 111 Å². The van der Waals surface area contributed by atoms with Gasteiger partial charge in [-0.3, -0.25) is 14.8 Å². The van der Waals surface area contributed by atoms with Crippen LogP contribution < -0.4 is 5.73 Å². The molecule has 1 saturated heterocycles. The number of H-pyrrole nitrogens is 1. The number of anilines is 1. The fourth-order valence-corrected chi connectivity index (χ4v) is 12.8. The molecule has 6 aliphatic rings. The molecule has 5 aliphatic carbocycles. The first kappa shape index (κ1) is 32.4. The molecule has 0 bridgehead atoms. The lowest BCUT2D eigenvalue weighted by Gasteiger charge is -2.70. The molecule has 0 radical (unpaired) electrons. The first-order chi connectivity index (χ1) is 21.6. The van der Waals surface area contributed by atoms with Gasteiger partial charge in [0.25, 0.3) is 0 Å². The highest BCUT2D eigenvalue weighted by molar-refractivity contribution is 6.06. The summed E-state index contributed by atoms with van der Waals surface area (Å²) in [5.41, 5.74) is 10.2. The maximum Gasteiger partial charge on any atom is 0.330 e. The molecule has 3 N–H and O–H groups in total. The van der Waals surface area contributed by atoms with Gasteiger partial charge in [0.05, 0.1) is 20.3 Å². The Labute approximate surface area is 276 Å². The first-order valence-electron chi connectivity index (χ1n) is 18.0. The average molecular weight is 635 g/mol. The van der Waals surface area contributed by atoms with Crippen molar-refractivity contribution in [2.75, 3.05) is 39.1 Å². The smallest absolute Gasteiger partial charge is 0.330 e. The Bertz CT molecular complexity index is 1460. The Hall–Kier alpha value is -2.19. The number of carbonyl (C=O) groups excluding carboxylic acids is 2. The van der Waals surface area contributed by atoms with Crippen LogP contribution in [-0.2, 0) is 30.9 Å². The van der Waals surface area contributed by atoms with Gasteiger partial charge in [0.15, 0.2) is 11.8 Å². The number of carbonyl (C=O) groups is 2. The molecule has 8 heteroatoms. The van der Waals surface area contributed by atoms with Crippen molar-refractivity contribution in [3.8, 4) is 0 Å². The van der Waals surface area contributed by atoms with Crippen molar-refractivity contribution in [1.29, 1.82) is 0 Å². The van der Waals surface area contributed by atoms with Crippen LogP contribution in [0.4, 0.5) is 5.82 Å². The van der Waals surface area contributed by atoms with Gasteiger partial charge in [-0.2, -0.15) is 5.10 Å². The normalized spacial score (nSPS) is 41.8. The summed E-state index contributed by atoms with van der Waals surface area (Å²) < 4.78 is 11.0. The molecule has 254 valence electrons. The molecule has 0 spiro atoms. The molecule has 1 aromatic rings. The molecular weight excluding hydrogens is 576 g/mol. The second-order valence-corrected chi connectivity index (χ2v) is 18.2. The Kier molecular flexibility index (Phi) is 7.32. The van der Waals surface area contributed by atoms with E-state index in [0.29, 0.717) is 44.0 Å². The third-order valence-corrected chi connectivity index (χ3v) is 15.4. The van der Waals surface area contributed by atoms with Crippen LogP contribution >= 0.6 is 0 Å². The number of allylic oxidation sites excluding steroid dienone is 2. The second kappa shape index (κ2) is 10.4. The van der Waals surface area contributed by atoms with Gasteiger partial charge in [-0.15, -0.1) is 0 Å². The summed E-state index contributed by atoms with van der Waals surface area (Å²) in [6.07, 6.45) is 11.6.